The zero-order valence-corrected chi connectivity index (χ0v) is 7.07. The average Bonchev–Trinajstić information content (AvgIpc) is 2.34. The van der Waals surface area contributed by atoms with Crippen molar-refractivity contribution in [2.75, 3.05) is 13.1 Å². The molecule has 2 unspecified atom stereocenters. The van der Waals surface area contributed by atoms with Gasteiger partial charge in [0.25, 0.3) is 0 Å². The Morgan fingerprint density at radius 1 is 1.80 bits per heavy atom. The first kappa shape index (κ1) is 7.74. The van der Waals surface area contributed by atoms with Crippen LogP contribution in [0.15, 0.2) is 12.7 Å². The molecule has 0 spiro atoms. The summed E-state index contributed by atoms with van der Waals surface area (Å²) >= 11 is 0. The van der Waals surface area contributed by atoms with Crippen LogP contribution in [-0.4, -0.2) is 29.6 Å². The van der Waals surface area contributed by atoms with Crippen molar-refractivity contribution in [3.05, 3.63) is 12.7 Å². The second-order valence-corrected chi connectivity index (χ2v) is 3.48. The van der Waals surface area contributed by atoms with Gasteiger partial charge >= 0.3 is 0 Å². The van der Waals surface area contributed by atoms with E-state index >= 15 is 0 Å². The summed E-state index contributed by atoms with van der Waals surface area (Å²) in [5.74, 6) is 0.0601. The summed E-state index contributed by atoms with van der Waals surface area (Å²) in [6.45, 7) is 5.19. The number of likely N-dealkylation sites (tertiary alicyclic amines) is 1. The normalized spacial score (nSPS) is 24.9. The highest BCUT2D eigenvalue weighted by atomic mass is 31.0. The van der Waals surface area contributed by atoms with Crippen LogP contribution in [0.5, 0.6) is 0 Å². The molecule has 0 saturated carbocycles. The van der Waals surface area contributed by atoms with Gasteiger partial charge in [-0.1, -0.05) is 6.58 Å². The van der Waals surface area contributed by atoms with Gasteiger partial charge in [-0.3, -0.25) is 4.79 Å². The molecule has 0 aromatic heterocycles. The zero-order chi connectivity index (χ0) is 7.56. The van der Waals surface area contributed by atoms with Gasteiger partial charge in [0.15, 0.2) is 0 Å². The van der Waals surface area contributed by atoms with Gasteiger partial charge in [-0.05, 0) is 18.2 Å². The molecule has 1 heterocycles. The molecule has 1 amide bonds. The van der Waals surface area contributed by atoms with Crippen LogP contribution in [0, 0.1) is 0 Å². The predicted octanol–water partition coefficient (Wildman–Crippen LogP) is 0.648. The predicted molar refractivity (Wildman–Crippen MR) is 44.9 cm³/mol. The molecule has 0 aromatic carbocycles. The van der Waals surface area contributed by atoms with Crippen molar-refractivity contribution >= 4 is 15.1 Å². The van der Waals surface area contributed by atoms with Crippen LogP contribution in [0.3, 0.4) is 0 Å². The minimum Gasteiger partial charge on any atom is -0.339 e. The van der Waals surface area contributed by atoms with E-state index in [2.05, 4.69) is 15.8 Å². The Bertz CT molecular complexity index is 158. The smallest absolute Gasteiger partial charge is 0.245 e. The van der Waals surface area contributed by atoms with Crippen LogP contribution in [0.4, 0.5) is 0 Å². The van der Waals surface area contributed by atoms with Crippen LogP contribution < -0.4 is 0 Å². The van der Waals surface area contributed by atoms with E-state index in [1.165, 1.54) is 6.08 Å². The number of carbonyl (C=O) groups is 1. The third kappa shape index (κ3) is 1.57. The van der Waals surface area contributed by atoms with E-state index in [4.69, 9.17) is 0 Å². The van der Waals surface area contributed by atoms with E-state index in [0.29, 0.717) is 5.66 Å². The summed E-state index contributed by atoms with van der Waals surface area (Å²) in [6.07, 6.45) is 2.48. The van der Waals surface area contributed by atoms with Crippen LogP contribution in [0.25, 0.3) is 0 Å². The van der Waals surface area contributed by atoms with Gasteiger partial charge in [-0.2, -0.15) is 0 Å². The molecule has 1 fully saturated rings. The maximum absolute atomic E-state index is 11.0. The summed E-state index contributed by atoms with van der Waals surface area (Å²) in [6, 6.07) is 0. The maximum Gasteiger partial charge on any atom is 0.245 e. The van der Waals surface area contributed by atoms with Gasteiger partial charge in [-0.25, -0.2) is 0 Å². The highest BCUT2D eigenvalue weighted by Gasteiger charge is 2.20. The molecule has 10 heavy (non-hydrogen) atoms. The Kier molecular flexibility index (Phi) is 2.44. The van der Waals surface area contributed by atoms with E-state index in [-0.39, 0.29) is 5.91 Å². The summed E-state index contributed by atoms with van der Waals surface area (Å²) in [5, 5.41) is 0. The van der Waals surface area contributed by atoms with Crippen molar-refractivity contribution in [2.45, 2.75) is 12.1 Å². The number of hydrogen-bond acceptors (Lipinski definition) is 1. The lowest BCUT2D eigenvalue weighted by molar-refractivity contribution is -0.124. The van der Waals surface area contributed by atoms with E-state index in [1.54, 1.807) is 0 Å². The molecule has 0 aromatic rings. The quantitative estimate of drug-likeness (QED) is 0.404. The third-order valence-corrected chi connectivity index (χ3v) is 2.26. The number of amides is 1. The molecular weight excluding hydrogens is 145 g/mol. The molecule has 1 aliphatic heterocycles. The van der Waals surface area contributed by atoms with Crippen molar-refractivity contribution in [1.29, 1.82) is 0 Å². The molecule has 1 aliphatic rings. The van der Waals surface area contributed by atoms with Crippen molar-refractivity contribution in [3.8, 4) is 0 Å². The fourth-order valence-electron chi connectivity index (χ4n) is 1.12. The fourth-order valence-corrected chi connectivity index (χ4v) is 1.52. The topological polar surface area (TPSA) is 20.3 Å². The van der Waals surface area contributed by atoms with Crippen LogP contribution in [0.1, 0.15) is 6.42 Å². The maximum atomic E-state index is 11.0. The minimum absolute atomic E-state index is 0.0601. The molecule has 0 bridgehead atoms. The fraction of sp³-hybridized carbons (Fsp3) is 0.571. The van der Waals surface area contributed by atoms with Crippen LogP contribution in [0.2, 0.25) is 0 Å². The zero-order valence-electron chi connectivity index (χ0n) is 5.92. The van der Waals surface area contributed by atoms with Crippen molar-refractivity contribution in [2.24, 2.45) is 0 Å². The monoisotopic (exact) mass is 157 g/mol. The lowest BCUT2D eigenvalue weighted by Crippen LogP contribution is -2.26. The Hall–Kier alpha value is -0.360. The van der Waals surface area contributed by atoms with Gasteiger partial charge < -0.3 is 4.90 Å². The minimum atomic E-state index is 0.0601. The van der Waals surface area contributed by atoms with Crippen molar-refractivity contribution < 1.29 is 4.79 Å². The highest BCUT2D eigenvalue weighted by molar-refractivity contribution is 7.17. The summed E-state index contributed by atoms with van der Waals surface area (Å²) in [7, 11) is 2.73. The third-order valence-electron chi connectivity index (χ3n) is 1.71. The van der Waals surface area contributed by atoms with Gasteiger partial charge in [0, 0.05) is 13.1 Å². The van der Waals surface area contributed by atoms with Crippen molar-refractivity contribution in [3.63, 3.8) is 0 Å². The van der Waals surface area contributed by atoms with Gasteiger partial charge in [0.2, 0.25) is 5.91 Å². The average molecular weight is 157 g/mol. The number of carbonyl (C=O) groups excluding carboxylic acids is 1. The van der Waals surface area contributed by atoms with E-state index in [9.17, 15) is 4.79 Å². The van der Waals surface area contributed by atoms with E-state index < -0.39 is 0 Å². The van der Waals surface area contributed by atoms with Gasteiger partial charge in [0.05, 0.1) is 0 Å². The lowest BCUT2D eigenvalue weighted by Gasteiger charge is -2.11. The van der Waals surface area contributed by atoms with Crippen molar-refractivity contribution in [1.82, 2.24) is 4.90 Å². The Morgan fingerprint density at radius 2 is 2.50 bits per heavy atom. The summed E-state index contributed by atoms with van der Waals surface area (Å²) in [5.41, 5.74) is 0.587. The van der Waals surface area contributed by atoms with Gasteiger partial charge in [0.1, 0.15) is 0 Å². The number of nitrogens with zero attached hydrogens (tertiary/aromatic N) is 1. The first-order valence-electron chi connectivity index (χ1n) is 3.41. The Balaban J connectivity index is 2.44. The SMILES string of the molecule is C=CC(=O)N1CCC(P)C1. The first-order valence-corrected chi connectivity index (χ1v) is 4.07. The second-order valence-electron chi connectivity index (χ2n) is 2.54. The number of rotatable bonds is 1. The van der Waals surface area contributed by atoms with Gasteiger partial charge in [-0.15, -0.1) is 9.24 Å². The molecule has 2 nitrogen and oxygen atoms in total. The van der Waals surface area contributed by atoms with Crippen LogP contribution >= 0.6 is 9.24 Å². The molecule has 0 N–H and O–H groups in total. The molecule has 0 radical (unpaired) electrons. The molecule has 56 valence electrons. The molecule has 1 saturated heterocycles. The molecule has 3 heteroatoms. The molecule has 1 rings (SSSR count). The number of hydrogen-bond donors (Lipinski definition) is 0. The Labute approximate surface area is 63.5 Å². The molecule has 0 aliphatic carbocycles. The summed E-state index contributed by atoms with van der Waals surface area (Å²) < 4.78 is 0. The highest BCUT2D eigenvalue weighted by Crippen LogP contribution is 2.16. The van der Waals surface area contributed by atoms with Crippen LogP contribution in [-0.2, 0) is 4.79 Å². The van der Waals surface area contributed by atoms with E-state index in [0.717, 1.165) is 19.5 Å². The lowest BCUT2D eigenvalue weighted by atomic mass is 10.4. The molecule has 2 atom stereocenters. The standard InChI is InChI=1S/C7H12NOP/c1-2-7(9)8-4-3-6(10)5-8/h2,6H,1,3-5,10H2. The van der Waals surface area contributed by atoms with E-state index in [1.807, 2.05) is 4.90 Å². The Morgan fingerprint density at radius 3 is 2.90 bits per heavy atom. The molecular formula is C7H12NOP. The largest absolute Gasteiger partial charge is 0.339 e. The first-order chi connectivity index (χ1) is 4.74. The summed E-state index contributed by atoms with van der Waals surface area (Å²) in [4.78, 5) is 12.8. The second kappa shape index (κ2) is 3.16.